The highest BCUT2D eigenvalue weighted by atomic mass is 16.3. The molecule has 3 unspecified atom stereocenters. The summed E-state index contributed by atoms with van der Waals surface area (Å²) in [6.45, 7) is 9.58. The van der Waals surface area contributed by atoms with Crippen LogP contribution in [0.3, 0.4) is 0 Å². The van der Waals surface area contributed by atoms with E-state index in [4.69, 9.17) is 0 Å². The molecule has 5 fully saturated rings. The van der Waals surface area contributed by atoms with E-state index in [0.717, 1.165) is 32.4 Å². The molecule has 1 saturated carbocycles. The van der Waals surface area contributed by atoms with Crippen molar-refractivity contribution in [3.8, 4) is 0 Å². The third-order valence-electron chi connectivity index (χ3n) is 11.0. The Labute approximate surface area is 198 Å². The van der Waals surface area contributed by atoms with Crippen molar-refractivity contribution >= 4 is 5.69 Å². The Morgan fingerprint density at radius 2 is 1.88 bits per heavy atom. The minimum Gasteiger partial charge on any atom is -0.392 e. The van der Waals surface area contributed by atoms with Crippen LogP contribution >= 0.6 is 0 Å². The molecular weight excluding hydrogens is 414 g/mol. The number of benzene rings is 1. The highest BCUT2D eigenvalue weighted by Gasteiger charge is 2.83. The summed E-state index contributed by atoms with van der Waals surface area (Å²) in [4.78, 5) is 4.71. The molecule has 0 amide bonds. The van der Waals surface area contributed by atoms with Crippen LogP contribution in [0.25, 0.3) is 0 Å². The molecule has 11 atom stereocenters. The second kappa shape index (κ2) is 7.41. The number of fused-ring (bicyclic) bond motifs is 2. The molecule has 5 heterocycles. The molecule has 0 radical (unpaired) electrons. The normalized spacial score (nSPS) is 47.3. The Kier molecular flexibility index (Phi) is 5.01. The predicted molar refractivity (Wildman–Crippen MR) is 129 cm³/mol. The van der Waals surface area contributed by atoms with Crippen molar-refractivity contribution in [3.63, 3.8) is 0 Å². The van der Waals surface area contributed by atoms with Crippen LogP contribution in [0.5, 0.6) is 0 Å². The second-order valence-corrected chi connectivity index (χ2v) is 11.7. The maximum Gasteiger partial charge on any atom is 0.194 e. The Balaban J connectivity index is 1.48. The van der Waals surface area contributed by atoms with Crippen molar-refractivity contribution in [1.82, 2.24) is 4.90 Å². The standard InChI is InChI=1S/C27H42N3O3/c1-5-17-18-12-21-24-27(19-10-8-9-11-20(19)28(24)4)13-22(23(18)25(27)32)30(21,26(17)33)15-16(31)14-29(6-2)7-3/h8-11,16-18,21-26,31-33H,5-7,12-15H2,1-4H3/q+1/t16?,17-,18-,21-,22-,23-,24-,25?,26+,27+,30?/m0/s1. The van der Waals surface area contributed by atoms with Gasteiger partial charge >= 0.3 is 0 Å². The fourth-order valence-electron chi connectivity index (χ4n) is 9.96. The van der Waals surface area contributed by atoms with Gasteiger partial charge in [0.05, 0.1) is 23.6 Å². The number of anilines is 1. The van der Waals surface area contributed by atoms with Crippen molar-refractivity contribution in [2.45, 2.75) is 82.0 Å². The molecule has 1 aromatic carbocycles. The number of hydrogen-bond donors (Lipinski definition) is 3. The van der Waals surface area contributed by atoms with Gasteiger partial charge in [-0.2, -0.15) is 0 Å². The van der Waals surface area contributed by atoms with E-state index >= 15 is 0 Å². The van der Waals surface area contributed by atoms with Crippen LogP contribution in [0.1, 0.15) is 45.6 Å². The summed E-state index contributed by atoms with van der Waals surface area (Å²) in [6, 6.07) is 9.31. The van der Waals surface area contributed by atoms with Gasteiger partial charge in [-0.1, -0.05) is 39.0 Å². The van der Waals surface area contributed by atoms with Crippen LogP contribution < -0.4 is 4.90 Å². The van der Waals surface area contributed by atoms with E-state index < -0.39 is 12.3 Å². The monoisotopic (exact) mass is 456 g/mol. The maximum atomic E-state index is 12.1. The molecule has 1 aliphatic carbocycles. The van der Waals surface area contributed by atoms with Crippen LogP contribution in [-0.4, -0.2) is 94.5 Å². The Morgan fingerprint density at radius 3 is 2.58 bits per heavy atom. The van der Waals surface area contributed by atoms with E-state index in [9.17, 15) is 15.3 Å². The zero-order valence-electron chi connectivity index (χ0n) is 20.6. The van der Waals surface area contributed by atoms with Crippen LogP contribution in [0, 0.1) is 17.8 Å². The number of rotatable bonds is 7. The lowest BCUT2D eigenvalue weighted by Crippen LogP contribution is -2.84. The number of likely N-dealkylation sites (N-methyl/N-ethyl adjacent to an activating group) is 2. The molecule has 5 aliphatic heterocycles. The highest BCUT2D eigenvalue weighted by Crippen LogP contribution is 2.71. The number of aliphatic hydroxyl groups excluding tert-OH is 3. The maximum absolute atomic E-state index is 12.1. The molecule has 1 aromatic rings. The molecule has 5 bridgehead atoms. The molecule has 6 aliphatic rings. The first kappa shape index (κ1) is 22.3. The molecule has 3 N–H and O–H groups in total. The number of piperidine rings is 4. The van der Waals surface area contributed by atoms with Crippen LogP contribution in [-0.2, 0) is 5.41 Å². The lowest BCUT2D eigenvalue weighted by molar-refractivity contribution is -1.04. The number of aliphatic hydroxyl groups is 3. The van der Waals surface area contributed by atoms with Gasteiger partial charge in [0, 0.05) is 44.0 Å². The minimum absolute atomic E-state index is 0.171. The quantitative estimate of drug-likeness (QED) is 0.546. The van der Waals surface area contributed by atoms with Crippen LogP contribution in [0.2, 0.25) is 0 Å². The van der Waals surface area contributed by atoms with Crippen molar-refractivity contribution < 1.29 is 19.8 Å². The second-order valence-electron chi connectivity index (χ2n) is 11.7. The van der Waals surface area contributed by atoms with Crippen molar-refractivity contribution in [3.05, 3.63) is 29.8 Å². The summed E-state index contributed by atoms with van der Waals surface area (Å²) in [5.74, 6) is 0.785. The predicted octanol–water partition coefficient (Wildman–Crippen LogP) is 1.77. The van der Waals surface area contributed by atoms with E-state index in [-0.39, 0.29) is 41.5 Å². The van der Waals surface area contributed by atoms with Gasteiger partial charge in [0.1, 0.15) is 18.7 Å². The number of para-hydroxylation sites is 1. The molecule has 6 nitrogen and oxygen atoms in total. The van der Waals surface area contributed by atoms with Crippen LogP contribution in [0.15, 0.2) is 24.3 Å². The highest BCUT2D eigenvalue weighted by molar-refractivity contribution is 5.66. The van der Waals surface area contributed by atoms with E-state index in [2.05, 4.69) is 61.9 Å². The van der Waals surface area contributed by atoms with Gasteiger partial charge in [-0.25, -0.2) is 0 Å². The molecule has 1 spiro atoms. The van der Waals surface area contributed by atoms with Crippen molar-refractivity contribution in [1.29, 1.82) is 0 Å². The third kappa shape index (κ3) is 2.47. The molecule has 33 heavy (non-hydrogen) atoms. The number of hydrogen-bond acceptors (Lipinski definition) is 5. The Bertz CT molecular complexity index is 924. The van der Waals surface area contributed by atoms with Crippen LogP contribution in [0.4, 0.5) is 5.69 Å². The van der Waals surface area contributed by atoms with E-state index in [1.807, 2.05) is 0 Å². The zero-order valence-corrected chi connectivity index (χ0v) is 20.6. The van der Waals surface area contributed by atoms with Gasteiger partial charge in [-0.05, 0) is 37.1 Å². The first-order valence-corrected chi connectivity index (χ1v) is 13.3. The SMILES string of the molecule is CC[C@H]1[C@@H]2C[C@H]3[C@@H]4N(C)c5ccccc5[C@]45C[C@@H]([C@H]2C5O)[N+]3(CC(O)CN(CC)CC)[C@@H]1O. The van der Waals surface area contributed by atoms with Gasteiger partial charge < -0.3 is 25.1 Å². The summed E-state index contributed by atoms with van der Waals surface area (Å²) >= 11 is 0. The molecule has 0 aromatic heterocycles. The van der Waals surface area contributed by atoms with Crippen molar-refractivity contribution in [2.75, 3.05) is 38.1 Å². The van der Waals surface area contributed by atoms with E-state index in [0.29, 0.717) is 23.5 Å². The molecule has 6 heteroatoms. The lowest BCUT2D eigenvalue weighted by atomic mass is 9.60. The van der Waals surface area contributed by atoms with E-state index in [1.54, 1.807) is 0 Å². The molecule has 7 rings (SSSR count). The molecule has 4 saturated heterocycles. The first-order chi connectivity index (χ1) is 15.9. The Hall–Kier alpha value is -1.18. The summed E-state index contributed by atoms with van der Waals surface area (Å²) in [5, 5.41) is 35.5. The fourth-order valence-corrected chi connectivity index (χ4v) is 9.96. The number of nitrogens with zero attached hydrogens (tertiary/aromatic N) is 3. The topological polar surface area (TPSA) is 67.2 Å². The number of quaternary nitrogens is 1. The summed E-state index contributed by atoms with van der Waals surface area (Å²) in [5.41, 5.74) is 2.32. The minimum atomic E-state index is -0.478. The summed E-state index contributed by atoms with van der Waals surface area (Å²) in [7, 11) is 2.19. The zero-order chi connectivity index (χ0) is 23.3. The third-order valence-corrected chi connectivity index (χ3v) is 11.0. The van der Waals surface area contributed by atoms with Gasteiger partial charge in [0.25, 0.3) is 0 Å². The lowest BCUT2D eigenvalue weighted by Gasteiger charge is -2.68. The largest absolute Gasteiger partial charge is 0.392 e. The Morgan fingerprint density at radius 1 is 1.15 bits per heavy atom. The van der Waals surface area contributed by atoms with Gasteiger partial charge in [-0.15, -0.1) is 0 Å². The van der Waals surface area contributed by atoms with Gasteiger partial charge in [0.2, 0.25) is 0 Å². The van der Waals surface area contributed by atoms with E-state index in [1.165, 1.54) is 11.3 Å². The smallest absolute Gasteiger partial charge is 0.194 e. The molecule has 182 valence electrons. The van der Waals surface area contributed by atoms with Gasteiger partial charge in [-0.3, -0.25) is 4.48 Å². The van der Waals surface area contributed by atoms with Gasteiger partial charge in [0.15, 0.2) is 6.23 Å². The van der Waals surface area contributed by atoms with Crippen molar-refractivity contribution in [2.24, 2.45) is 17.8 Å². The summed E-state index contributed by atoms with van der Waals surface area (Å²) in [6.07, 6.45) is 1.60. The molecular formula is C27H42N3O3+. The average molecular weight is 457 g/mol. The fraction of sp³-hybridized carbons (Fsp3) is 0.778. The average Bonchev–Trinajstić information content (AvgIpc) is 3.20. The first-order valence-electron chi connectivity index (χ1n) is 13.3. The summed E-state index contributed by atoms with van der Waals surface area (Å²) < 4.78 is 0.601.